The van der Waals surface area contributed by atoms with Crippen molar-refractivity contribution in [3.63, 3.8) is 0 Å². The average molecular weight is 377 g/mol. The molecular formula is C13H8BrCl2NOS. The van der Waals surface area contributed by atoms with Crippen LogP contribution < -0.4 is 10.5 Å². The highest BCUT2D eigenvalue weighted by Crippen LogP contribution is 2.31. The van der Waals surface area contributed by atoms with E-state index in [-0.39, 0.29) is 4.99 Å². The van der Waals surface area contributed by atoms with Crippen LogP contribution in [0.2, 0.25) is 10.0 Å². The molecule has 0 aliphatic carbocycles. The minimum atomic E-state index is 0.254. The van der Waals surface area contributed by atoms with Gasteiger partial charge in [-0.3, -0.25) is 0 Å². The van der Waals surface area contributed by atoms with E-state index in [9.17, 15) is 0 Å². The molecule has 0 saturated carbocycles. The summed E-state index contributed by atoms with van der Waals surface area (Å²) in [5.41, 5.74) is 6.31. The van der Waals surface area contributed by atoms with Gasteiger partial charge in [0.25, 0.3) is 0 Å². The summed E-state index contributed by atoms with van der Waals surface area (Å²) in [6.07, 6.45) is 0. The van der Waals surface area contributed by atoms with Crippen molar-refractivity contribution in [2.45, 2.75) is 0 Å². The Bertz CT molecular complexity index is 628. The third-order valence-electron chi connectivity index (χ3n) is 2.27. The van der Waals surface area contributed by atoms with Crippen molar-refractivity contribution in [2.24, 2.45) is 5.73 Å². The standard InChI is InChI=1S/C13H8BrCl2NOS/c14-7-1-2-12(11(3-7)13(17)19)18-10-5-8(15)4-9(16)6-10/h1-6H,(H2,17,19). The summed E-state index contributed by atoms with van der Waals surface area (Å²) in [5, 5.41) is 0.993. The van der Waals surface area contributed by atoms with Gasteiger partial charge in [0.2, 0.25) is 0 Å². The van der Waals surface area contributed by atoms with Gasteiger partial charge in [-0.05, 0) is 36.4 Å². The summed E-state index contributed by atoms with van der Waals surface area (Å²) in [5.74, 6) is 1.08. The third-order valence-corrected chi connectivity index (χ3v) is 3.42. The highest BCUT2D eigenvalue weighted by molar-refractivity contribution is 9.10. The lowest BCUT2D eigenvalue weighted by atomic mass is 10.2. The first kappa shape index (κ1) is 14.6. The SMILES string of the molecule is NC(=S)c1cc(Br)ccc1Oc1cc(Cl)cc(Cl)c1. The second kappa shape index (κ2) is 6.09. The molecule has 0 amide bonds. The topological polar surface area (TPSA) is 35.2 Å². The first-order valence-electron chi connectivity index (χ1n) is 5.19. The summed E-state index contributed by atoms with van der Waals surface area (Å²) in [4.78, 5) is 0.254. The maximum Gasteiger partial charge on any atom is 0.137 e. The Morgan fingerprint density at radius 1 is 1.11 bits per heavy atom. The first-order valence-corrected chi connectivity index (χ1v) is 7.15. The number of hydrogen-bond donors (Lipinski definition) is 1. The molecule has 0 heterocycles. The van der Waals surface area contributed by atoms with Crippen LogP contribution in [-0.2, 0) is 0 Å². The van der Waals surface area contributed by atoms with Crippen LogP contribution in [0.15, 0.2) is 40.9 Å². The molecule has 0 atom stereocenters. The summed E-state index contributed by atoms with van der Waals surface area (Å²) in [6, 6.07) is 10.4. The van der Waals surface area contributed by atoms with Crippen molar-refractivity contribution in [1.29, 1.82) is 0 Å². The molecule has 98 valence electrons. The van der Waals surface area contributed by atoms with Gasteiger partial charge in [0, 0.05) is 14.5 Å². The summed E-state index contributed by atoms with van der Waals surface area (Å²) in [7, 11) is 0. The largest absolute Gasteiger partial charge is 0.457 e. The second-order valence-corrected chi connectivity index (χ2v) is 5.94. The fraction of sp³-hybridized carbons (Fsp3) is 0. The molecule has 0 radical (unpaired) electrons. The highest BCUT2D eigenvalue weighted by Gasteiger charge is 2.09. The molecule has 0 fully saturated rings. The van der Waals surface area contributed by atoms with Crippen molar-refractivity contribution >= 4 is 56.3 Å². The van der Waals surface area contributed by atoms with E-state index >= 15 is 0 Å². The van der Waals surface area contributed by atoms with E-state index in [2.05, 4.69) is 15.9 Å². The number of nitrogens with two attached hydrogens (primary N) is 1. The molecule has 6 heteroatoms. The lowest BCUT2D eigenvalue weighted by Gasteiger charge is -2.11. The normalized spacial score (nSPS) is 10.3. The molecule has 0 aliphatic rings. The maximum absolute atomic E-state index is 5.92. The fourth-order valence-electron chi connectivity index (χ4n) is 1.50. The monoisotopic (exact) mass is 375 g/mol. The van der Waals surface area contributed by atoms with E-state index in [1.807, 2.05) is 6.07 Å². The van der Waals surface area contributed by atoms with Crippen molar-refractivity contribution in [1.82, 2.24) is 0 Å². The van der Waals surface area contributed by atoms with Crippen LogP contribution in [0.5, 0.6) is 11.5 Å². The molecule has 2 rings (SSSR count). The van der Waals surface area contributed by atoms with E-state index in [0.29, 0.717) is 27.1 Å². The first-order chi connectivity index (χ1) is 8.95. The molecule has 2 N–H and O–H groups in total. The van der Waals surface area contributed by atoms with E-state index in [1.54, 1.807) is 30.3 Å². The number of thiocarbonyl (C=S) groups is 1. The number of halogens is 3. The Morgan fingerprint density at radius 3 is 2.32 bits per heavy atom. The van der Waals surface area contributed by atoms with E-state index < -0.39 is 0 Å². The van der Waals surface area contributed by atoms with Crippen molar-refractivity contribution in [3.8, 4) is 11.5 Å². The smallest absolute Gasteiger partial charge is 0.137 e. The third kappa shape index (κ3) is 3.83. The van der Waals surface area contributed by atoms with Gasteiger partial charge in [0.15, 0.2) is 0 Å². The average Bonchev–Trinajstić information content (AvgIpc) is 2.30. The van der Waals surface area contributed by atoms with Gasteiger partial charge in [-0.25, -0.2) is 0 Å². The fourth-order valence-corrected chi connectivity index (χ4v) is 2.52. The van der Waals surface area contributed by atoms with Gasteiger partial charge >= 0.3 is 0 Å². The molecule has 19 heavy (non-hydrogen) atoms. The van der Waals surface area contributed by atoms with Gasteiger partial charge < -0.3 is 10.5 Å². The van der Waals surface area contributed by atoms with Crippen LogP contribution in [0.3, 0.4) is 0 Å². The van der Waals surface area contributed by atoms with Crippen LogP contribution >= 0.6 is 51.3 Å². The molecule has 2 aromatic rings. The number of ether oxygens (including phenoxy) is 1. The number of hydrogen-bond acceptors (Lipinski definition) is 2. The predicted octanol–water partition coefficient (Wildman–Crippen LogP) is 5.18. The van der Waals surface area contributed by atoms with E-state index in [4.69, 9.17) is 45.9 Å². The molecule has 0 saturated heterocycles. The lowest BCUT2D eigenvalue weighted by Crippen LogP contribution is -2.10. The van der Waals surface area contributed by atoms with Crippen molar-refractivity contribution in [3.05, 3.63) is 56.5 Å². The molecule has 0 spiro atoms. The minimum Gasteiger partial charge on any atom is -0.457 e. The van der Waals surface area contributed by atoms with Crippen LogP contribution in [0.4, 0.5) is 0 Å². The molecular weight excluding hydrogens is 369 g/mol. The van der Waals surface area contributed by atoms with Crippen LogP contribution in [0, 0.1) is 0 Å². The minimum absolute atomic E-state index is 0.254. The number of rotatable bonds is 3. The van der Waals surface area contributed by atoms with E-state index in [1.165, 1.54) is 0 Å². The van der Waals surface area contributed by atoms with Gasteiger partial charge in [0.05, 0.1) is 5.56 Å². The molecule has 2 aromatic carbocycles. The van der Waals surface area contributed by atoms with Gasteiger partial charge in [-0.15, -0.1) is 0 Å². The molecule has 0 aromatic heterocycles. The molecule has 0 bridgehead atoms. The Hall–Kier alpha value is -0.810. The van der Waals surface area contributed by atoms with Crippen LogP contribution in [0.25, 0.3) is 0 Å². The predicted molar refractivity (Wildman–Crippen MR) is 86.6 cm³/mol. The quantitative estimate of drug-likeness (QED) is 0.749. The zero-order chi connectivity index (χ0) is 14.0. The Kier molecular flexibility index (Phi) is 4.68. The second-order valence-electron chi connectivity index (χ2n) is 3.71. The highest BCUT2D eigenvalue weighted by atomic mass is 79.9. The Morgan fingerprint density at radius 2 is 1.74 bits per heavy atom. The van der Waals surface area contributed by atoms with E-state index in [0.717, 1.165) is 4.47 Å². The Labute approximate surface area is 134 Å². The van der Waals surface area contributed by atoms with Crippen molar-refractivity contribution < 1.29 is 4.74 Å². The zero-order valence-corrected chi connectivity index (χ0v) is 13.4. The zero-order valence-electron chi connectivity index (χ0n) is 9.49. The summed E-state index contributed by atoms with van der Waals surface area (Å²) in [6.45, 7) is 0. The van der Waals surface area contributed by atoms with Crippen LogP contribution in [0.1, 0.15) is 5.56 Å². The summed E-state index contributed by atoms with van der Waals surface area (Å²) >= 11 is 20.2. The Balaban J connectivity index is 2.40. The van der Waals surface area contributed by atoms with Gasteiger partial charge in [-0.2, -0.15) is 0 Å². The number of benzene rings is 2. The maximum atomic E-state index is 5.92. The van der Waals surface area contributed by atoms with Crippen LogP contribution in [-0.4, -0.2) is 4.99 Å². The van der Waals surface area contributed by atoms with Crippen molar-refractivity contribution in [2.75, 3.05) is 0 Å². The summed E-state index contributed by atoms with van der Waals surface area (Å²) < 4.78 is 6.60. The van der Waals surface area contributed by atoms with Gasteiger partial charge in [0.1, 0.15) is 16.5 Å². The van der Waals surface area contributed by atoms with Gasteiger partial charge in [-0.1, -0.05) is 51.3 Å². The molecule has 0 unspecified atom stereocenters. The molecule has 2 nitrogen and oxygen atoms in total. The molecule has 0 aliphatic heterocycles. The lowest BCUT2D eigenvalue weighted by molar-refractivity contribution is 0.481.